The number of amides is 2. The molecule has 2 aromatic rings. The van der Waals surface area contributed by atoms with Crippen LogP contribution in [0.1, 0.15) is 42.9 Å². The van der Waals surface area contributed by atoms with Gasteiger partial charge in [0.25, 0.3) is 0 Å². The van der Waals surface area contributed by atoms with E-state index in [0.29, 0.717) is 6.54 Å². The van der Waals surface area contributed by atoms with Gasteiger partial charge in [-0.2, -0.15) is 0 Å². The number of aromatic nitrogens is 1. The van der Waals surface area contributed by atoms with Gasteiger partial charge in [-0.3, -0.25) is 4.98 Å². The third kappa shape index (κ3) is 3.45. The summed E-state index contributed by atoms with van der Waals surface area (Å²) in [4.78, 5) is 16.4. The number of carbonyl (C=O) groups is 1. The van der Waals surface area contributed by atoms with Gasteiger partial charge < -0.3 is 15.4 Å². The molecule has 5 nitrogen and oxygen atoms in total. The number of hydrogen-bond acceptors (Lipinski definition) is 3. The Morgan fingerprint density at radius 1 is 1.20 bits per heavy atom. The second-order valence-corrected chi connectivity index (χ2v) is 6.94. The van der Waals surface area contributed by atoms with Crippen LogP contribution in [0.25, 0.3) is 0 Å². The first kappa shape index (κ1) is 15.9. The summed E-state index contributed by atoms with van der Waals surface area (Å²) in [5.41, 5.74) is 2.16. The molecule has 2 heterocycles. The van der Waals surface area contributed by atoms with Crippen LogP contribution >= 0.6 is 0 Å². The number of hydrogen-bond donors (Lipinski definition) is 2. The van der Waals surface area contributed by atoms with Crippen LogP contribution in [0.3, 0.4) is 0 Å². The zero-order valence-electron chi connectivity index (χ0n) is 14.2. The maximum absolute atomic E-state index is 12.4. The van der Waals surface area contributed by atoms with Crippen molar-refractivity contribution in [1.82, 2.24) is 15.6 Å². The van der Waals surface area contributed by atoms with Crippen LogP contribution in [0.4, 0.5) is 4.79 Å². The molecule has 1 atom stereocenters. The van der Waals surface area contributed by atoms with Crippen molar-refractivity contribution in [2.75, 3.05) is 6.54 Å². The molecule has 1 fully saturated rings. The Morgan fingerprint density at radius 2 is 2.00 bits per heavy atom. The zero-order chi connectivity index (χ0) is 17.1. The minimum Gasteiger partial charge on any atom is -0.487 e. The first-order valence-electron chi connectivity index (χ1n) is 8.95. The fourth-order valence-corrected chi connectivity index (χ4v) is 3.70. The van der Waals surface area contributed by atoms with Gasteiger partial charge in [0.2, 0.25) is 0 Å². The van der Waals surface area contributed by atoms with Crippen LogP contribution in [-0.4, -0.2) is 23.2 Å². The van der Waals surface area contributed by atoms with E-state index >= 15 is 0 Å². The minimum absolute atomic E-state index is 0.00572. The first-order chi connectivity index (χ1) is 12.2. The van der Waals surface area contributed by atoms with Gasteiger partial charge in [0.05, 0.1) is 6.04 Å². The molecule has 1 aromatic carbocycles. The molecule has 2 N–H and O–H groups in total. The highest BCUT2D eigenvalue weighted by Crippen LogP contribution is 2.48. The number of benzene rings is 1. The predicted molar refractivity (Wildman–Crippen MR) is 95.5 cm³/mol. The summed E-state index contributed by atoms with van der Waals surface area (Å²) in [7, 11) is 0. The lowest BCUT2D eigenvalue weighted by Gasteiger charge is -2.48. The first-order valence-corrected chi connectivity index (χ1v) is 8.95. The number of pyridine rings is 1. The van der Waals surface area contributed by atoms with Crippen molar-refractivity contribution >= 4 is 6.03 Å². The van der Waals surface area contributed by atoms with Crippen molar-refractivity contribution in [2.24, 2.45) is 0 Å². The van der Waals surface area contributed by atoms with Crippen LogP contribution < -0.4 is 15.4 Å². The lowest BCUT2D eigenvalue weighted by atomic mass is 9.73. The largest absolute Gasteiger partial charge is 0.487 e. The summed E-state index contributed by atoms with van der Waals surface area (Å²) in [6.07, 6.45) is 8.53. The second-order valence-electron chi connectivity index (χ2n) is 6.94. The number of ether oxygens (including phenoxy) is 1. The van der Waals surface area contributed by atoms with E-state index in [1.165, 1.54) is 12.0 Å². The summed E-state index contributed by atoms with van der Waals surface area (Å²) in [6.45, 7) is 0.603. The molecule has 1 saturated carbocycles. The Hall–Kier alpha value is -2.56. The number of nitrogens with zero attached hydrogens (tertiary/aromatic N) is 1. The Kier molecular flexibility index (Phi) is 4.30. The van der Waals surface area contributed by atoms with Crippen LogP contribution in [0.15, 0.2) is 48.8 Å². The van der Waals surface area contributed by atoms with Gasteiger partial charge in [-0.25, -0.2) is 4.79 Å². The van der Waals surface area contributed by atoms with Crippen LogP contribution in [0.5, 0.6) is 5.75 Å². The average Bonchev–Trinajstić information content (AvgIpc) is 2.61. The highest BCUT2D eigenvalue weighted by molar-refractivity contribution is 5.74. The molecule has 4 rings (SSSR count). The molecule has 1 unspecified atom stereocenters. The number of fused-ring (bicyclic) bond motifs is 1. The number of rotatable bonds is 4. The van der Waals surface area contributed by atoms with Gasteiger partial charge in [-0.05, 0) is 49.4 Å². The molecular weight excluding hydrogens is 314 g/mol. The minimum atomic E-state index is -0.120. The summed E-state index contributed by atoms with van der Waals surface area (Å²) in [5.74, 6) is 0.913. The van der Waals surface area contributed by atoms with Gasteiger partial charge in [-0.15, -0.1) is 0 Å². The topological polar surface area (TPSA) is 63.2 Å². The van der Waals surface area contributed by atoms with Gasteiger partial charge in [-0.1, -0.05) is 18.2 Å². The number of urea groups is 1. The maximum atomic E-state index is 12.4. The molecule has 1 aliphatic carbocycles. The lowest BCUT2D eigenvalue weighted by Crippen LogP contribution is -2.51. The van der Waals surface area contributed by atoms with E-state index in [0.717, 1.165) is 37.0 Å². The van der Waals surface area contributed by atoms with E-state index in [1.807, 2.05) is 36.4 Å². The Morgan fingerprint density at radius 3 is 2.76 bits per heavy atom. The Labute approximate surface area is 147 Å². The summed E-state index contributed by atoms with van der Waals surface area (Å²) >= 11 is 0. The monoisotopic (exact) mass is 337 g/mol. The maximum Gasteiger partial charge on any atom is 0.315 e. The Balaban J connectivity index is 1.37. The van der Waals surface area contributed by atoms with Gasteiger partial charge >= 0.3 is 6.03 Å². The molecule has 0 saturated heterocycles. The molecular formula is C20H23N3O2. The quantitative estimate of drug-likeness (QED) is 0.899. The van der Waals surface area contributed by atoms with Crippen molar-refractivity contribution < 1.29 is 9.53 Å². The fraction of sp³-hybridized carbons (Fsp3) is 0.400. The van der Waals surface area contributed by atoms with E-state index in [9.17, 15) is 4.79 Å². The van der Waals surface area contributed by atoms with E-state index in [2.05, 4.69) is 15.6 Å². The fourth-order valence-electron chi connectivity index (χ4n) is 3.70. The molecule has 25 heavy (non-hydrogen) atoms. The van der Waals surface area contributed by atoms with E-state index < -0.39 is 0 Å². The van der Waals surface area contributed by atoms with Crippen molar-refractivity contribution in [3.63, 3.8) is 0 Å². The SMILES string of the molecule is O=C(NCCc1ccncc1)NC1CC2(CCC2)Oc2ccccc21. The van der Waals surface area contributed by atoms with E-state index in [-0.39, 0.29) is 17.7 Å². The van der Waals surface area contributed by atoms with Crippen LogP contribution in [0.2, 0.25) is 0 Å². The van der Waals surface area contributed by atoms with Crippen LogP contribution in [-0.2, 0) is 6.42 Å². The highest BCUT2D eigenvalue weighted by Gasteiger charge is 2.45. The van der Waals surface area contributed by atoms with E-state index in [1.54, 1.807) is 12.4 Å². The summed E-state index contributed by atoms with van der Waals surface area (Å²) < 4.78 is 6.23. The van der Waals surface area contributed by atoms with Crippen LogP contribution in [0, 0.1) is 0 Å². The van der Waals surface area contributed by atoms with Gasteiger partial charge in [0.15, 0.2) is 0 Å². The molecule has 5 heteroatoms. The molecule has 2 amide bonds. The summed E-state index contributed by atoms with van der Waals surface area (Å²) in [6, 6.07) is 11.9. The zero-order valence-corrected chi connectivity index (χ0v) is 14.2. The van der Waals surface area contributed by atoms with Crippen molar-refractivity contribution in [1.29, 1.82) is 0 Å². The molecule has 1 spiro atoms. The van der Waals surface area contributed by atoms with E-state index in [4.69, 9.17) is 4.74 Å². The number of para-hydroxylation sites is 1. The third-order valence-corrected chi connectivity index (χ3v) is 5.22. The standard InChI is InChI=1S/C20H23N3O2/c24-19(22-13-8-15-6-11-21-12-7-15)23-17-14-20(9-3-10-20)25-18-5-2-1-4-16(17)18/h1-2,4-7,11-12,17H,3,8-10,13-14H2,(H2,22,23,24). The third-order valence-electron chi connectivity index (χ3n) is 5.22. The molecule has 1 aliphatic heterocycles. The van der Waals surface area contributed by atoms with Crippen molar-refractivity contribution in [3.8, 4) is 5.75 Å². The van der Waals surface area contributed by atoms with Crippen molar-refractivity contribution in [2.45, 2.75) is 43.7 Å². The Bertz CT molecular complexity index is 744. The highest BCUT2D eigenvalue weighted by atomic mass is 16.5. The molecule has 1 aromatic heterocycles. The molecule has 0 bridgehead atoms. The lowest BCUT2D eigenvalue weighted by molar-refractivity contribution is -0.0355. The number of nitrogens with one attached hydrogen (secondary N) is 2. The smallest absolute Gasteiger partial charge is 0.315 e. The predicted octanol–water partition coefficient (Wildman–Crippen LogP) is 3.37. The molecule has 130 valence electrons. The van der Waals surface area contributed by atoms with Crippen molar-refractivity contribution in [3.05, 3.63) is 59.9 Å². The average molecular weight is 337 g/mol. The number of carbonyl (C=O) groups excluding carboxylic acids is 1. The second kappa shape index (κ2) is 6.75. The van der Waals surface area contributed by atoms with Gasteiger partial charge in [0.1, 0.15) is 11.4 Å². The summed E-state index contributed by atoms with van der Waals surface area (Å²) in [5, 5.41) is 6.10. The van der Waals surface area contributed by atoms with Gasteiger partial charge in [0, 0.05) is 30.9 Å². The molecule has 2 aliphatic rings. The normalized spacial score (nSPS) is 20.1. The molecule has 0 radical (unpaired) electrons.